The molecule has 0 heterocycles. The second-order valence-corrected chi connectivity index (χ2v) is 5.66. The molecule has 1 nitrogen and oxygen atoms in total. The lowest BCUT2D eigenvalue weighted by Gasteiger charge is -2.10. The van der Waals surface area contributed by atoms with Crippen LogP contribution in [0.4, 0.5) is 0 Å². The molecule has 0 aliphatic rings. The smallest absolute Gasteiger partial charge is 0.00157 e. The molecular weight excluding hydrogens is 206 g/mol. The van der Waals surface area contributed by atoms with Gasteiger partial charge in [-0.15, -0.1) is 0 Å². The van der Waals surface area contributed by atoms with Gasteiger partial charge in [0.25, 0.3) is 0 Å². The van der Waals surface area contributed by atoms with Crippen LogP contribution in [0, 0.1) is 5.92 Å². The summed E-state index contributed by atoms with van der Waals surface area (Å²) in [5, 5.41) is 0. The van der Waals surface area contributed by atoms with Gasteiger partial charge in [-0.05, 0) is 50.4 Å². The van der Waals surface area contributed by atoms with Crippen molar-refractivity contribution in [3.63, 3.8) is 0 Å². The molecule has 0 saturated heterocycles. The maximum atomic E-state index is 2.30. The molecule has 0 fully saturated rings. The predicted octanol–water partition coefficient (Wildman–Crippen LogP) is 3.77. The van der Waals surface area contributed by atoms with Crippen molar-refractivity contribution < 1.29 is 0 Å². The molecule has 0 atom stereocenters. The predicted molar refractivity (Wildman–Crippen MR) is 76.5 cm³/mol. The van der Waals surface area contributed by atoms with Gasteiger partial charge in [0, 0.05) is 6.54 Å². The van der Waals surface area contributed by atoms with Crippen molar-refractivity contribution >= 4 is 0 Å². The fourth-order valence-electron chi connectivity index (χ4n) is 1.94. The van der Waals surface area contributed by atoms with Crippen molar-refractivity contribution in [2.45, 2.75) is 39.5 Å². The molecule has 0 radical (unpaired) electrons. The maximum Gasteiger partial charge on any atom is 0.00157 e. The quantitative estimate of drug-likeness (QED) is 0.693. The van der Waals surface area contributed by atoms with E-state index in [0.717, 1.165) is 18.9 Å². The van der Waals surface area contributed by atoms with Crippen LogP contribution in [-0.2, 0) is 12.8 Å². The van der Waals surface area contributed by atoms with E-state index in [1.54, 1.807) is 0 Å². The third-order valence-electron chi connectivity index (χ3n) is 3.12. The number of nitrogens with zero attached hydrogens (tertiary/aromatic N) is 1. The molecule has 1 heteroatoms. The number of benzene rings is 1. The first-order chi connectivity index (χ1) is 8.08. The summed E-state index contributed by atoms with van der Waals surface area (Å²) in [6, 6.07) is 9.17. The lowest BCUT2D eigenvalue weighted by Crippen LogP contribution is -2.14. The van der Waals surface area contributed by atoms with E-state index in [4.69, 9.17) is 0 Å². The highest BCUT2D eigenvalue weighted by Crippen LogP contribution is 2.11. The lowest BCUT2D eigenvalue weighted by atomic mass is 10.0. The Hall–Kier alpha value is -0.820. The Bertz CT molecular complexity index is 298. The van der Waals surface area contributed by atoms with Crippen LogP contribution in [-0.4, -0.2) is 25.5 Å². The van der Waals surface area contributed by atoms with E-state index in [1.807, 2.05) is 0 Å². The summed E-state index contributed by atoms with van der Waals surface area (Å²) in [5.74, 6) is 0.828. The minimum atomic E-state index is 0.828. The van der Waals surface area contributed by atoms with Crippen LogP contribution in [0.1, 0.15) is 37.8 Å². The van der Waals surface area contributed by atoms with E-state index < -0.39 is 0 Å². The summed E-state index contributed by atoms with van der Waals surface area (Å²) in [5.41, 5.74) is 2.94. The fourth-order valence-corrected chi connectivity index (χ4v) is 1.94. The molecule has 0 amide bonds. The number of rotatable bonds is 7. The van der Waals surface area contributed by atoms with E-state index >= 15 is 0 Å². The monoisotopic (exact) mass is 233 g/mol. The molecule has 0 unspecified atom stereocenters. The fraction of sp³-hybridized carbons (Fsp3) is 0.625. The highest BCUT2D eigenvalue weighted by Gasteiger charge is 1.98. The van der Waals surface area contributed by atoms with E-state index in [0.29, 0.717) is 0 Å². The SMILES string of the molecule is CC(C)CCCc1ccc(CCN(C)C)cc1. The normalized spacial score (nSPS) is 11.4. The summed E-state index contributed by atoms with van der Waals surface area (Å²) >= 11 is 0. The average molecular weight is 233 g/mol. The van der Waals surface area contributed by atoms with Crippen molar-refractivity contribution in [2.24, 2.45) is 5.92 Å². The minimum absolute atomic E-state index is 0.828. The second-order valence-electron chi connectivity index (χ2n) is 5.66. The molecule has 0 saturated carbocycles. The molecule has 17 heavy (non-hydrogen) atoms. The summed E-state index contributed by atoms with van der Waals surface area (Å²) < 4.78 is 0. The Morgan fingerprint density at radius 2 is 1.47 bits per heavy atom. The largest absolute Gasteiger partial charge is 0.309 e. The van der Waals surface area contributed by atoms with Crippen LogP contribution in [0.15, 0.2) is 24.3 Å². The first kappa shape index (κ1) is 14.2. The van der Waals surface area contributed by atoms with E-state index in [9.17, 15) is 0 Å². The Balaban J connectivity index is 2.34. The van der Waals surface area contributed by atoms with E-state index in [2.05, 4.69) is 57.1 Å². The van der Waals surface area contributed by atoms with Gasteiger partial charge in [-0.25, -0.2) is 0 Å². The Labute approximate surface area is 107 Å². The molecule has 0 aliphatic carbocycles. The van der Waals surface area contributed by atoms with Gasteiger partial charge in [-0.2, -0.15) is 0 Å². The van der Waals surface area contributed by atoms with Gasteiger partial charge in [-0.3, -0.25) is 0 Å². The molecule has 1 aromatic carbocycles. The average Bonchev–Trinajstić information content (AvgIpc) is 2.27. The molecule has 0 aliphatic heterocycles. The Kier molecular flexibility index (Phi) is 6.28. The zero-order chi connectivity index (χ0) is 12.7. The van der Waals surface area contributed by atoms with Crippen molar-refractivity contribution in [1.82, 2.24) is 4.90 Å². The third-order valence-corrected chi connectivity index (χ3v) is 3.12. The van der Waals surface area contributed by atoms with E-state index in [1.165, 1.54) is 30.4 Å². The highest BCUT2D eigenvalue weighted by atomic mass is 15.0. The van der Waals surface area contributed by atoms with Gasteiger partial charge in [-0.1, -0.05) is 44.5 Å². The molecular formula is C16H27N. The number of hydrogen-bond acceptors (Lipinski definition) is 1. The molecule has 96 valence electrons. The third kappa shape index (κ3) is 6.48. The van der Waals surface area contributed by atoms with Crippen LogP contribution in [0.2, 0.25) is 0 Å². The molecule has 0 aromatic heterocycles. The highest BCUT2D eigenvalue weighted by molar-refractivity contribution is 5.22. The van der Waals surface area contributed by atoms with Gasteiger partial charge in [0.15, 0.2) is 0 Å². The summed E-state index contributed by atoms with van der Waals surface area (Å²) in [7, 11) is 4.25. The molecule has 0 spiro atoms. The zero-order valence-electron chi connectivity index (χ0n) is 11.9. The molecule has 0 bridgehead atoms. The van der Waals surface area contributed by atoms with Crippen molar-refractivity contribution in [3.8, 4) is 0 Å². The summed E-state index contributed by atoms with van der Waals surface area (Å²) in [6.45, 7) is 5.72. The standard InChI is InChI=1S/C16H27N/c1-14(2)6-5-7-15-8-10-16(11-9-15)12-13-17(3)4/h8-11,14H,5-7,12-13H2,1-4H3. The first-order valence-corrected chi connectivity index (χ1v) is 6.80. The van der Waals surface area contributed by atoms with Crippen LogP contribution < -0.4 is 0 Å². The van der Waals surface area contributed by atoms with Crippen LogP contribution >= 0.6 is 0 Å². The molecule has 1 rings (SSSR count). The second kappa shape index (κ2) is 7.50. The number of aryl methyl sites for hydroxylation is 1. The van der Waals surface area contributed by atoms with Gasteiger partial charge in [0.05, 0.1) is 0 Å². The topological polar surface area (TPSA) is 3.24 Å². The van der Waals surface area contributed by atoms with Gasteiger partial charge in [0.2, 0.25) is 0 Å². The molecule has 1 aromatic rings. The van der Waals surface area contributed by atoms with Gasteiger partial charge < -0.3 is 4.90 Å². The van der Waals surface area contributed by atoms with Gasteiger partial charge in [0.1, 0.15) is 0 Å². The van der Waals surface area contributed by atoms with Crippen molar-refractivity contribution in [3.05, 3.63) is 35.4 Å². The minimum Gasteiger partial charge on any atom is -0.309 e. The van der Waals surface area contributed by atoms with Crippen LogP contribution in [0.25, 0.3) is 0 Å². The Morgan fingerprint density at radius 3 is 1.94 bits per heavy atom. The van der Waals surface area contributed by atoms with Crippen molar-refractivity contribution in [2.75, 3.05) is 20.6 Å². The van der Waals surface area contributed by atoms with Crippen LogP contribution in [0.5, 0.6) is 0 Å². The first-order valence-electron chi connectivity index (χ1n) is 6.80. The van der Waals surface area contributed by atoms with Crippen molar-refractivity contribution in [1.29, 1.82) is 0 Å². The zero-order valence-corrected chi connectivity index (χ0v) is 11.9. The lowest BCUT2D eigenvalue weighted by molar-refractivity contribution is 0.413. The number of hydrogen-bond donors (Lipinski definition) is 0. The summed E-state index contributed by atoms with van der Waals surface area (Å²) in [4.78, 5) is 2.23. The van der Waals surface area contributed by atoms with Crippen LogP contribution in [0.3, 0.4) is 0 Å². The van der Waals surface area contributed by atoms with E-state index in [-0.39, 0.29) is 0 Å². The number of likely N-dealkylation sites (N-methyl/N-ethyl adjacent to an activating group) is 1. The summed E-state index contributed by atoms with van der Waals surface area (Å²) in [6.07, 6.45) is 5.03. The maximum absolute atomic E-state index is 2.30. The molecule has 0 N–H and O–H groups in total. The van der Waals surface area contributed by atoms with Gasteiger partial charge >= 0.3 is 0 Å². The Morgan fingerprint density at radius 1 is 0.941 bits per heavy atom.